The van der Waals surface area contributed by atoms with Crippen LogP contribution in [0.1, 0.15) is 20.8 Å². The molecule has 29 heavy (non-hydrogen) atoms. The number of aromatic nitrogens is 2. The van der Waals surface area contributed by atoms with Gasteiger partial charge in [0.15, 0.2) is 4.34 Å². The molecule has 1 unspecified atom stereocenters. The van der Waals surface area contributed by atoms with Gasteiger partial charge in [-0.15, -0.1) is 10.2 Å². The number of nitrogens with one attached hydrogen (secondary N) is 2. The van der Waals surface area contributed by atoms with Gasteiger partial charge >= 0.3 is 0 Å². The van der Waals surface area contributed by atoms with Crippen molar-refractivity contribution in [1.82, 2.24) is 15.5 Å². The van der Waals surface area contributed by atoms with Crippen LogP contribution in [0.15, 0.2) is 58.9 Å². The van der Waals surface area contributed by atoms with E-state index in [1.165, 1.54) is 23.1 Å². The van der Waals surface area contributed by atoms with E-state index in [9.17, 15) is 4.79 Å². The van der Waals surface area contributed by atoms with Crippen molar-refractivity contribution in [1.29, 1.82) is 0 Å². The van der Waals surface area contributed by atoms with Crippen molar-refractivity contribution >= 4 is 39.8 Å². The van der Waals surface area contributed by atoms with Crippen LogP contribution in [0.3, 0.4) is 0 Å². The van der Waals surface area contributed by atoms with Crippen LogP contribution in [-0.2, 0) is 4.79 Å². The molecule has 6 nitrogen and oxygen atoms in total. The highest BCUT2D eigenvalue weighted by Crippen LogP contribution is 2.29. The Labute approximate surface area is 179 Å². The van der Waals surface area contributed by atoms with Crippen molar-refractivity contribution in [3.63, 3.8) is 0 Å². The Kier molecular flexibility index (Phi) is 7.48. The van der Waals surface area contributed by atoms with Crippen LogP contribution in [-0.4, -0.2) is 27.9 Å². The number of benzene rings is 2. The van der Waals surface area contributed by atoms with E-state index in [1.807, 2.05) is 61.5 Å². The van der Waals surface area contributed by atoms with E-state index in [0.717, 1.165) is 21.5 Å². The summed E-state index contributed by atoms with van der Waals surface area (Å²) >= 11 is 2.81. The third-order valence-corrected chi connectivity index (χ3v) is 6.18. The first-order valence-corrected chi connectivity index (χ1v) is 11.2. The van der Waals surface area contributed by atoms with Crippen molar-refractivity contribution in [3.05, 3.63) is 54.6 Å². The fourth-order valence-corrected chi connectivity index (χ4v) is 3.85. The van der Waals surface area contributed by atoms with Crippen LogP contribution in [0.5, 0.6) is 11.5 Å². The SMILES string of the molecule is CC(C)C(C)NC(=O)CSc1nnc(Nc2ccc(Oc3ccccc3)cc2)s1. The number of thioether (sulfide) groups is 1. The van der Waals surface area contributed by atoms with E-state index in [4.69, 9.17) is 4.74 Å². The number of para-hydroxylation sites is 1. The topological polar surface area (TPSA) is 76.1 Å². The monoisotopic (exact) mass is 428 g/mol. The maximum Gasteiger partial charge on any atom is 0.230 e. The molecular weight excluding hydrogens is 404 g/mol. The molecule has 152 valence electrons. The second-order valence-electron chi connectivity index (χ2n) is 6.83. The first-order valence-electron chi connectivity index (χ1n) is 9.35. The van der Waals surface area contributed by atoms with E-state index < -0.39 is 0 Å². The molecule has 1 aromatic heterocycles. The van der Waals surface area contributed by atoms with Crippen LogP contribution in [0, 0.1) is 5.92 Å². The van der Waals surface area contributed by atoms with E-state index in [1.54, 1.807) is 0 Å². The molecule has 0 bridgehead atoms. The van der Waals surface area contributed by atoms with E-state index >= 15 is 0 Å². The van der Waals surface area contributed by atoms with Gasteiger partial charge in [-0.25, -0.2) is 0 Å². The number of anilines is 2. The average Bonchev–Trinajstić information content (AvgIpc) is 3.16. The Morgan fingerprint density at radius 2 is 1.72 bits per heavy atom. The minimum Gasteiger partial charge on any atom is -0.457 e. The van der Waals surface area contributed by atoms with Gasteiger partial charge in [-0.05, 0) is 49.2 Å². The predicted octanol–water partition coefficient (Wildman–Crippen LogP) is 5.33. The van der Waals surface area contributed by atoms with Gasteiger partial charge in [0.25, 0.3) is 0 Å². The molecule has 0 saturated carbocycles. The first-order chi connectivity index (χ1) is 14.0. The van der Waals surface area contributed by atoms with E-state index in [-0.39, 0.29) is 11.9 Å². The second-order valence-corrected chi connectivity index (χ2v) is 9.03. The molecule has 0 fully saturated rings. The fourth-order valence-electron chi connectivity index (χ4n) is 2.26. The number of nitrogens with zero attached hydrogens (tertiary/aromatic N) is 2. The van der Waals surface area contributed by atoms with Crippen molar-refractivity contribution in [2.75, 3.05) is 11.1 Å². The second kappa shape index (κ2) is 10.3. The molecule has 3 rings (SSSR count). The van der Waals surface area contributed by atoms with Crippen LogP contribution < -0.4 is 15.4 Å². The van der Waals surface area contributed by atoms with Gasteiger partial charge in [-0.3, -0.25) is 4.79 Å². The number of carbonyl (C=O) groups is 1. The van der Waals surface area contributed by atoms with Gasteiger partial charge in [0.05, 0.1) is 5.75 Å². The standard InChI is InChI=1S/C21H24N4O2S2/c1-14(2)15(3)22-19(26)13-28-21-25-24-20(29-21)23-16-9-11-18(12-10-16)27-17-7-5-4-6-8-17/h4-12,14-15H,13H2,1-3H3,(H,22,26)(H,23,24). The maximum atomic E-state index is 12.0. The zero-order chi connectivity index (χ0) is 20.6. The lowest BCUT2D eigenvalue weighted by atomic mass is 10.1. The summed E-state index contributed by atoms with van der Waals surface area (Å²) in [4.78, 5) is 12.0. The lowest BCUT2D eigenvalue weighted by molar-refractivity contribution is -0.119. The third kappa shape index (κ3) is 6.76. The molecule has 3 aromatic rings. The molecule has 0 aliphatic heterocycles. The molecule has 0 aliphatic rings. The Balaban J connectivity index is 1.49. The summed E-state index contributed by atoms with van der Waals surface area (Å²) in [6.07, 6.45) is 0. The van der Waals surface area contributed by atoms with E-state index in [2.05, 4.69) is 34.7 Å². The minimum absolute atomic E-state index is 0.00918. The van der Waals surface area contributed by atoms with Gasteiger partial charge in [-0.1, -0.05) is 55.1 Å². The van der Waals surface area contributed by atoms with Crippen LogP contribution >= 0.6 is 23.1 Å². The lowest BCUT2D eigenvalue weighted by Crippen LogP contribution is -2.37. The summed E-state index contributed by atoms with van der Waals surface area (Å²) < 4.78 is 6.54. The van der Waals surface area contributed by atoms with Gasteiger partial charge in [0.1, 0.15) is 11.5 Å². The summed E-state index contributed by atoms with van der Waals surface area (Å²) in [5, 5.41) is 15.2. The number of hydrogen-bond donors (Lipinski definition) is 2. The van der Waals surface area contributed by atoms with Crippen LogP contribution in [0.25, 0.3) is 0 Å². The lowest BCUT2D eigenvalue weighted by Gasteiger charge is -2.16. The smallest absolute Gasteiger partial charge is 0.230 e. The van der Waals surface area contributed by atoms with E-state index in [0.29, 0.717) is 16.8 Å². The number of ether oxygens (including phenoxy) is 1. The molecule has 1 amide bonds. The largest absolute Gasteiger partial charge is 0.457 e. The molecule has 1 heterocycles. The van der Waals surface area contributed by atoms with Crippen molar-refractivity contribution < 1.29 is 9.53 Å². The maximum absolute atomic E-state index is 12.0. The molecule has 2 N–H and O–H groups in total. The number of hydrogen-bond acceptors (Lipinski definition) is 7. The molecule has 8 heteroatoms. The molecular formula is C21H24N4O2S2. The number of amides is 1. The van der Waals surface area contributed by atoms with Crippen molar-refractivity contribution in [2.24, 2.45) is 5.92 Å². The summed E-state index contributed by atoms with van der Waals surface area (Å²) in [6.45, 7) is 6.18. The van der Waals surface area contributed by atoms with Crippen LogP contribution in [0.2, 0.25) is 0 Å². The fraction of sp³-hybridized carbons (Fsp3) is 0.286. The zero-order valence-electron chi connectivity index (χ0n) is 16.6. The van der Waals surface area contributed by atoms with Crippen molar-refractivity contribution in [3.8, 4) is 11.5 Å². The molecule has 0 saturated heterocycles. The molecule has 0 radical (unpaired) electrons. The first kappa shape index (κ1) is 21.1. The normalized spacial score (nSPS) is 11.9. The quantitative estimate of drug-likeness (QED) is 0.449. The Morgan fingerprint density at radius 3 is 2.41 bits per heavy atom. The summed E-state index contributed by atoms with van der Waals surface area (Å²) in [5.74, 6) is 2.31. The summed E-state index contributed by atoms with van der Waals surface area (Å²) in [5.41, 5.74) is 0.890. The Bertz CT molecular complexity index is 914. The molecule has 1 atom stereocenters. The zero-order valence-corrected chi connectivity index (χ0v) is 18.2. The minimum atomic E-state index is 0.00918. The van der Waals surface area contributed by atoms with Gasteiger partial charge in [0.2, 0.25) is 11.0 Å². The number of carbonyl (C=O) groups excluding carboxylic acids is 1. The van der Waals surface area contributed by atoms with Crippen molar-refractivity contribution in [2.45, 2.75) is 31.2 Å². The number of rotatable bonds is 9. The van der Waals surface area contributed by atoms with Crippen LogP contribution in [0.4, 0.5) is 10.8 Å². The molecule has 2 aromatic carbocycles. The molecule has 0 aliphatic carbocycles. The Hall–Kier alpha value is -2.58. The highest BCUT2D eigenvalue weighted by atomic mass is 32.2. The highest BCUT2D eigenvalue weighted by Gasteiger charge is 2.12. The third-order valence-electron chi connectivity index (χ3n) is 4.21. The Morgan fingerprint density at radius 1 is 1.03 bits per heavy atom. The summed E-state index contributed by atoms with van der Waals surface area (Å²) in [7, 11) is 0. The average molecular weight is 429 g/mol. The van der Waals surface area contributed by atoms with Gasteiger partial charge in [-0.2, -0.15) is 0 Å². The van der Waals surface area contributed by atoms with Gasteiger partial charge in [0, 0.05) is 11.7 Å². The predicted molar refractivity (Wildman–Crippen MR) is 119 cm³/mol. The summed E-state index contributed by atoms with van der Waals surface area (Å²) in [6, 6.07) is 17.4. The molecule has 0 spiro atoms. The highest BCUT2D eigenvalue weighted by molar-refractivity contribution is 8.01. The van der Waals surface area contributed by atoms with Gasteiger partial charge < -0.3 is 15.4 Å².